The summed E-state index contributed by atoms with van der Waals surface area (Å²) < 4.78 is 11.2. The van der Waals surface area contributed by atoms with Gasteiger partial charge in [-0.15, -0.1) is 22.7 Å². The molecule has 1 atom stereocenters. The molecule has 0 radical (unpaired) electrons. The van der Waals surface area contributed by atoms with E-state index in [1.807, 2.05) is 0 Å². The van der Waals surface area contributed by atoms with Crippen LogP contribution in [0.2, 0.25) is 0 Å². The predicted octanol–water partition coefficient (Wildman–Crippen LogP) is 3.55. The van der Waals surface area contributed by atoms with Gasteiger partial charge in [-0.3, -0.25) is 14.2 Å². The van der Waals surface area contributed by atoms with Gasteiger partial charge in [0, 0.05) is 4.88 Å². The summed E-state index contributed by atoms with van der Waals surface area (Å²) in [4.78, 5) is 56.7. The van der Waals surface area contributed by atoms with Crippen LogP contribution in [0.15, 0.2) is 11.1 Å². The molecule has 0 aromatic carbocycles. The Bertz CT molecular complexity index is 1350. The topological polar surface area (TPSA) is 117 Å². The fourth-order valence-electron chi connectivity index (χ4n) is 4.14. The van der Waals surface area contributed by atoms with Gasteiger partial charge in [-0.25, -0.2) is 14.6 Å². The van der Waals surface area contributed by atoms with Crippen molar-refractivity contribution in [3.63, 3.8) is 0 Å². The largest absolute Gasteiger partial charge is 0.465 e. The zero-order valence-electron chi connectivity index (χ0n) is 19.4. The highest BCUT2D eigenvalue weighted by Crippen LogP contribution is 2.40. The van der Waals surface area contributed by atoms with Crippen molar-refractivity contribution in [1.82, 2.24) is 9.55 Å². The van der Waals surface area contributed by atoms with Crippen molar-refractivity contribution < 1.29 is 23.9 Å². The zero-order chi connectivity index (χ0) is 24.6. The minimum atomic E-state index is -0.502. The molecule has 0 saturated carbocycles. The minimum Gasteiger partial charge on any atom is -0.465 e. The van der Waals surface area contributed by atoms with Crippen LogP contribution < -0.4 is 10.9 Å². The van der Waals surface area contributed by atoms with Crippen LogP contribution in [0.25, 0.3) is 10.2 Å². The van der Waals surface area contributed by atoms with Gasteiger partial charge in [0.2, 0.25) is 5.91 Å². The maximum Gasteiger partial charge on any atom is 0.348 e. The Morgan fingerprint density at radius 1 is 1.26 bits per heavy atom. The van der Waals surface area contributed by atoms with E-state index in [1.54, 1.807) is 13.8 Å². The second kappa shape index (κ2) is 9.67. The molecular weight excluding hydrogens is 478 g/mol. The van der Waals surface area contributed by atoms with Crippen molar-refractivity contribution in [2.45, 2.75) is 46.6 Å². The summed E-state index contributed by atoms with van der Waals surface area (Å²) in [6, 6.07) is 0. The number of hydrogen-bond donors (Lipinski definition) is 1. The number of thiophene rings is 2. The second-order valence-electron chi connectivity index (χ2n) is 8.23. The van der Waals surface area contributed by atoms with Gasteiger partial charge in [-0.1, -0.05) is 6.92 Å². The first-order valence-electron chi connectivity index (χ1n) is 10.9. The number of rotatable bonds is 6. The molecule has 0 aliphatic heterocycles. The number of fused-ring (bicyclic) bond motifs is 2. The molecule has 180 valence electrons. The first-order chi connectivity index (χ1) is 16.2. The molecule has 0 fully saturated rings. The summed E-state index contributed by atoms with van der Waals surface area (Å²) >= 11 is 2.47. The Labute approximate surface area is 203 Å². The summed E-state index contributed by atoms with van der Waals surface area (Å²) in [6.45, 7) is 5.47. The third kappa shape index (κ3) is 4.37. The lowest BCUT2D eigenvalue weighted by Gasteiger charge is -2.18. The number of carbonyl (C=O) groups is 3. The normalized spacial score (nSPS) is 15.1. The molecule has 1 amide bonds. The predicted molar refractivity (Wildman–Crippen MR) is 130 cm³/mol. The summed E-state index contributed by atoms with van der Waals surface area (Å²) in [5.41, 5.74) is 1.40. The summed E-state index contributed by atoms with van der Waals surface area (Å²) in [6.07, 6.45) is 3.86. The van der Waals surface area contributed by atoms with Crippen LogP contribution in [-0.4, -0.2) is 41.1 Å². The molecule has 0 bridgehead atoms. The highest BCUT2D eigenvalue weighted by Gasteiger charge is 2.29. The van der Waals surface area contributed by atoms with Gasteiger partial charge in [0.1, 0.15) is 21.3 Å². The van der Waals surface area contributed by atoms with Gasteiger partial charge >= 0.3 is 11.9 Å². The van der Waals surface area contributed by atoms with E-state index < -0.39 is 23.4 Å². The van der Waals surface area contributed by atoms with Crippen molar-refractivity contribution in [1.29, 1.82) is 0 Å². The number of esters is 2. The number of methoxy groups -OCH3 is 1. The minimum absolute atomic E-state index is 0.225. The van der Waals surface area contributed by atoms with Crippen molar-refractivity contribution in [2.24, 2.45) is 5.92 Å². The summed E-state index contributed by atoms with van der Waals surface area (Å²) in [5, 5.41) is 3.53. The van der Waals surface area contributed by atoms with Crippen LogP contribution in [0.5, 0.6) is 0 Å². The zero-order valence-corrected chi connectivity index (χ0v) is 21.0. The summed E-state index contributed by atoms with van der Waals surface area (Å²) in [5.74, 6) is -0.940. The molecule has 34 heavy (non-hydrogen) atoms. The highest BCUT2D eigenvalue weighted by molar-refractivity contribution is 7.20. The molecule has 1 unspecified atom stereocenters. The van der Waals surface area contributed by atoms with Crippen molar-refractivity contribution >= 4 is 55.7 Å². The lowest BCUT2D eigenvalue weighted by atomic mass is 9.88. The second-order valence-corrected chi connectivity index (χ2v) is 10.3. The highest BCUT2D eigenvalue weighted by atomic mass is 32.1. The first kappa shape index (κ1) is 24.1. The number of hydrogen-bond acceptors (Lipinski definition) is 9. The first-order valence-corrected chi connectivity index (χ1v) is 12.6. The smallest absolute Gasteiger partial charge is 0.348 e. The van der Waals surface area contributed by atoms with E-state index in [1.165, 1.54) is 29.3 Å². The Kier molecular flexibility index (Phi) is 6.85. The van der Waals surface area contributed by atoms with E-state index >= 15 is 0 Å². The van der Waals surface area contributed by atoms with E-state index in [-0.39, 0.29) is 13.2 Å². The molecule has 9 nitrogen and oxygen atoms in total. The van der Waals surface area contributed by atoms with Gasteiger partial charge in [-0.2, -0.15) is 0 Å². The van der Waals surface area contributed by atoms with Crippen LogP contribution in [0.3, 0.4) is 0 Å². The average Bonchev–Trinajstić information content (AvgIpc) is 3.32. The number of amides is 1. The van der Waals surface area contributed by atoms with Crippen molar-refractivity contribution in [3.05, 3.63) is 43.1 Å². The summed E-state index contributed by atoms with van der Waals surface area (Å²) in [7, 11) is 1.32. The molecule has 3 aromatic heterocycles. The molecule has 1 aliphatic rings. The molecule has 1 aliphatic carbocycles. The van der Waals surface area contributed by atoms with Crippen LogP contribution in [0.1, 0.15) is 56.3 Å². The molecule has 3 aromatic rings. The number of carbonyl (C=O) groups excluding carboxylic acids is 3. The van der Waals surface area contributed by atoms with E-state index in [9.17, 15) is 19.2 Å². The van der Waals surface area contributed by atoms with E-state index in [0.29, 0.717) is 37.1 Å². The fraction of sp³-hybridized carbons (Fsp3) is 0.435. The van der Waals surface area contributed by atoms with E-state index in [4.69, 9.17) is 9.47 Å². The molecule has 3 heterocycles. The van der Waals surface area contributed by atoms with E-state index in [0.717, 1.165) is 41.0 Å². The number of aromatic nitrogens is 2. The quantitative estimate of drug-likeness (QED) is 0.511. The lowest BCUT2D eigenvalue weighted by molar-refractivity contribution is -0.116. The SMILES string of the molecule is CCOC(=O)c1sc2ncn(CC(=O)Nc3sc4c(c3C(=O)OC)CCC(C)C4)c(=O)c2c1C. The standard InChI is InChI=1S/C23H25N3O6S2/c1-5-32-23(30)18-12(3)16-19(34-18)24-10-26(21(16)28)9-15(27)25-20-17(22(29)31-4)13-7-6-11(2)8-14(13)33-20/h10-11H,5-9H2,1-4H3,(H,25,27). The third-order valence-electron chi connectivity index (χ3n) is 5.85. The Morgan fingerprint density at radius 2 is 2.03 bits per heavy atom. The van der Waals surface area contributed by atoms with Gasteiger partial charge in [-0.05, 0) is 50.2 Å². The fourth-order valence-corrected chi connectivity index (χ4v) is 6.59. The van der Waals surface area contributed by atoms with Crippen LogP contribution in [-0.2, 0) is 33.7 Å². The van der Waals surface area contributed by atoms with Crippen LogP contribution in [0, 0.1) is 12.8 Å². The maximum absolute atomic E-state index is 13.1. The third-order valence-corrected chi connectivity index (χ3v) is 8.20. The van der Waals surface area contributed by atoms with Crippen molar-refractivity contribution in [2.75, 3.05) is 19.0 Å². The molecule has 4 rings (SSSR count). The lowest BCUT2D eigenvalue weighted by Crippen LogP contribution is -2.28. The van der Waals surface area contributed by atoms with Gasteiger partial charge in [0.05, 0.1) is 31.0 Å². The van der Waals surface area contributed by atoms with Crippen LogP contribution in [0.4, 0.5) is 5.00 Å². The van der Waals surface area contributed by atoms with Gasteiger partial charge in [0.15, 0.2) is 0 Å². The van der Waals surface area contributed by atoms with Crippen molar-refractivity contribution in [3.8, 4) is 0 Å². The van der Waals surface area contributed by atoms with Gasteiger partial charge in [0.25, 0.3) is 5.56 Å². The Hall–Kier alpha value is -3.05. The number of nitrogens with one attached hydrogen (secondary N) is 1. The Balaban J connectivity index is 1.62. The van der Waals surface area contributed by atoms with E-state index in [2.05, 4.69) is 17.2 Å². The van der Waals surface area contributed by atoms with Crippen LogP contribution >= 0.6 is 22.7 Å². The Morgan fingerprint density at radius 3 is 2.74 bits per heavy atom. The monoisotopic (exact) mass is 503 g/mol. The molecular formula is C23H25N3O6S2. The number of ether oxygens (including phenoxy) is 2. The average molecular weight is 504 g/mol. The van der Waals surface area contributed by atoms with Gasteiger partial charge < -0.3 is 14.8 Å². The maximum atomic E-state index is 13.1. The molecule has 0 spiro atoms. The molecule has 1 N–H and O–H groups in total. The number of nitrogens with zero attached hydrogens (tertiary/aromatic N) is 2. The number of aryl methyl sites for hydroxylation is 1. The molecule has 11 heteroatoms. The number of anilines is 1. The molecule has 0 saturated heterocycles.